The van der Waals surface area contributed by atoms with Gasteiger partial charge in [-0.05, 0) is 17.7 Å². The zero-order valence-corrected chi connectivity index (χ0v) is 23.3. The Morgan fingerprint density at radius 2 is 1.78 bits per heavy atom. The lowest BCUT2D eigenvalue weighted by atomic mass is 9.78. The number of carbonyl (C=O) groups is 3. The molecule has 1 aromatic heterocycles. The minimum atomic E-state index is -0.969. The molecule has 4 aliphatic heterocycles. The molecular weight excluding hydrogens is 540 g/mol. The first-order chi connectivity index (χ1) is 19.9. The highest BCUT2D eigenvalue weighted by atomic mass is 32.2. The number of benzene rings is 2. The Kier molecular flexibility index (Phi) is 6.24. The smallest absolute Gasteiger partial charge is 0.248 e. The van der Waals surface area contributed by atoms with Gasteiger partial charge in [0.15, 0.2) is 0 Å². The molecule has 7 rings (SSSR count). The molecule has 10 nitrogen and oxygen atoms in total. The van der Waals surface area contributed by atoms with E-state index in [1.807, 2.05) is 78.9 Å². The number of amides is 3. The molecular formula is C30H30N6O4S. The number of hydrogen-bond acceptors (Lipinski definition) is 7. The van der Waals surface area contributed by atoms with Gasteiger partial charge in [0, 0.05) is 25.4 Å². The summed E-state index contributed by atoms with van der Waals surface area (Å²) in [5.41, 5.74) is 2.26. The van der Waals surface area contributed by atoms with Gasteiger partial charge in [-0.15, -0.1) is 16.9 Å². The van der Waals surface area contributed by atoms with Crippen LogP contribution in [0.1, 0.15) is 11.6 Å². The lowest BCUT2D eigenvalue weighted by Crippen LogP contribution is -2.54. The summed E-state index contributed by atoms with van der Waals surface area (Å²) in [5, 5.41) is 19.0. The fraction of sp³-hybridized carbons (Fsp3) is 0.367. The highest BCUT2D eigenvalue weighted by Gasteiger charge is 2.71. The van der Waals surface area contributed by atoms with Crippen LogP contribution in [0.25, 0.3) is 11.0 Å². The van der Waals surface area contributed by atoms with Crippen molar-refractivity contribution in [3.05, 3.63) is 84.5 Å². The predicted octanol–water partition coefficient (Wildman–Crippen LogP) is 1.85. The van der Waals surface area contributed by atoms with Crippen LogP contribution in [-0.4, -0.2) is 95.3 Å². The number of carbonyl (C=O) groups excluding carboxylic acids is 3. The monoisotopic (exact) mass is 570 g/mol. The minimum absolute atomic E-state index is 0.0976. The number of likely N-dealkylation sites (N-methyl/N-ethyl adjacent to an activating group) is 1. The minimum Gasteiger partial charge on any atom is -0.394 e. The number of thioether (sulfide) groups is 1. The number of aliphatic hydroxyl groups is 1. The highest BCUT2D eigenvalue weighted by Crippen LogP contribution is 2.62. The van der Waals surface area contributed by atoms with Gasteiger partial charge in [-0.2, -0.15) is 0 Å². The van der Waals surface area contributed by atoms with E-state index >= 15 is 0 Å². The highest BCUT2D eigenvalue weighted by molar-refractivity contribution is 8.02. The number of fused-ring (bicyclic) bond motifs is 3. The van der Waals surface area contributed by atoms with Crippen molar-refractivity contribution in [1.82, 2.24) is 29.7 Å². The molecule has 4 aliphatic rings. The maximum absolute atomic E-state index is 14.7. The molecule has 2 fully saturated rings. The summed E-state index contributed by atoms with van der Waals surface area (Å²) in [7, 11) is 1.75. The van der Waals surface area contributed by atoms with Crippen LogP contribution in [0.3, 0.4) is 0 Å². The Hall–Kier alpha value is -3.96. The third kappa shape index (κ3) is 3.86. The van der Waals surface area contributed by atoms with Crippen LogP contribution in [0, 0.1) is 11.8 Å². The molecule has 0 saturated carbocycles. The Morgan fingerprint density at radius 1 is 1.00 bits per heavy atom. The molecule has 1 spiro atoms. The number of aliphatic hydroxyl groups excluding tert-OH is 1. The van der Waals surface area contributed by atoms with Crippen molar-refractivity contribution in [2.45, 2.75) is 28.7 Å². The zero-order chi connectivity index (χ0) is 28.3. The standard InChI is InChI=1S/C30H30N6O4S/c1-33-15-7-13-23-24(27(33)38)25-28(39)36(22(17-37)19-9-3-2-4-10-19)26-29(40)34(16-8-14-30(25,26)41-23)18-35-21-12-6-5-11-20(21)31-32-35/h2-14,22-26,37H,15-18H2,1H3/t22-,23-,24+,25+,26?,30+/m1/s1. The van der Waals surface area contributed by atoms with Crippen molar-refractivity contribution in [3.63, 3.8) is 0 Å². The molecule has 6 atom stereocenters. The van der Waals surface area contributed by atoms with E-state index in [0.717, 1.165) is 16.6 Å². The molecule has 2 aromatic carbocycles. The van der Waals surface area contributed by atoms with Crippen molar-refractivity contribution >= 4 is 40.5 Å². The van der Waals surface area contributed by atoms with Gasteiger partial charge in [0.1, 0.15) is 18.2 Å². The first kappa shape index (κ1) is 26.0. The number of aromatic nitrogens is 3. The van der Waals surface area contributed by atoms with Crippen molar-refractivity contribution in [3.8, 4) is 0 Å². The van der Waals surface area contributed by atoms with E-state index in [0.29, 0.717) is 13.1 Å². The topological polar surface area (TPSA) is 112 Å². The molecule has 2 saturated heterocycles. The van der Waals surface area contributed by atoms with Crippen molar-refractivity contribution < 1.29 is 19.5 Å². The van der Waals surface area contributed by atoms with E-state index in [2.05, 4.69) is 10.3 Å². The average molecular weight is 571 g/mol. The summed E-state index contributed by atoms with van der Waals surface area (Å²) in [6, 6.07) is 15.2. The molecule has 0 radical (unpaired) electrons. The second kappa shape index (κ2) is 9.85. The third-order valence-corrected chi connectivity index (χ3v) is 10.5. The lowest BCUT2D eigenvalue weighted by Gasteiger charge is -2.38. The van der Waals surface area contributed by atoms with Crippen LogP contribution in [0.5, 0.6) is 0 Å². The Labute approximate surface area is 241 Å². The van der Waals surface area contributed by atoms with E-state index < -0.39 is 28.7 Å². The normalized spacial score (nSPS) is 29.9. The van der Waals surface area contributed by atoms with Crippen LogP contribution in [-0.2, 0) is 21.1 Å². The fourth-order valence-corrected chi connectivity index (χ4v) is 8.92. The molecule has 0 aliphatic carbocycles. The van der Waals surface area contributed by atoms with E-state index in [-0.39, 0.29) is 36.2 Å². The summed E-state index contributed by atoms with van der Waals surface area (Å²) in [6.07, 6.45) is 7.90. The number of nitrogens with zero attached hydrogens (tertiary/aromatic N) is 6. The molecule has 1 unspecified atom stereocenters. The maximum atomic E-state index is 14.7. The van der Waals surface area contributed by atoms with E-state index in [9.17, 15) is 19.5 Å². The first-order valence-electron chi connectivity index (χ1n) is 13.8. The van der Waals surface area contributed by atoms with E-state index in [1.165, 1.54) is 11.8 Å². The van der Waals surface area contributed by atoms with Crippen LogP contribution in [0.2, 0.25) is 0 Å². The molecule has 41 heavy (non-hydrogen) atoms. The third-order valence-electron chi connectivity index (χ3n) is 8.80. The van der Waals surface area contributed by atoms with Gasteiger partial charge in [0.05, 0.1) is 34.7 Å². The summed E-state index contributed by atoms with van der Waals surface area (Å²) >= 11 is 1.53. The molecule has 1 N–H and O–H groups in total. The number of hydrogen-bond donors (Lipinski definition) is 1. The maximum Gasteiger partial charge on any atom is 0.248 e. The average Bonchev–Trinajstić information content (AvgIpc) is 3.55. The van der Waals surface area contributed by atoms with Crippen molar-refractivity contribution in [2.75, 3.05) is 26.7 Å². The van der Waals surface area contributed by atoms with Crippen LogP contribution >= 0.6 is 11.8 Å². The molecule has 3 aromatic rings. The zero-order valence-electron chi connectivity index (χ0n) is 22.5. The molecule has 210 valence electrons. The Balaban J connectivity index is 1.35. The van der Waals surface area contributed by atoms with Gasteiger partial charge in [-0.25, -0.2) is 4.68 Å². The van der Waals surface area contributed by atoms with Crippen LogP contribution in [0.15, 0.2) is 78.9 Å². The van der Waals surface area contributed by atoms with Crippen molar-refractivity contribution in [2.24, 2.45) is 11.8 Å². The number of likely N-dealkylation sites (tertiary alicyclic amines) is 1. The largest absolute Gasteiger partial charge is 0.394 e. The second-order valence-corrected chi connectivity index (χ2v) is 12.5. The summed E-state index contributed by atoms with van der Waals surface area (Å²) in [6.45, 7) is 0.587. The van der Waals surface area contributed by atoms with Crippen LogP contribution in [0.4, 0.5) is 0 Å². The van der Waals surface area contributed by atoms with Gasteiger partial charge < -0.3 is 19.8 Å². The van der Waals surface area contributed by atoms with E-state index in [1.54, 1.807) is 26.4 Å². The second-order valence-electron chi connectivity index (χ2n) is 11.0. The van der Waals surface area contributed by atoms with E-state index in [4.69, 9.17) is 0 Å². The molecule has 11 heteroatoms. The summed E-state index contributed by atoms with van der Waals surface area (Å²) in [5.74, 6) is -1.97. The van der Waals surface area contributed by atoms with Gasteiger partial charge in [-0.3, -0.25) is 14.4 Å². The SMILES string of the molecule is CN1CC=C[C@H]2S[C@]34C=CCN(Cn5nnc6ccccc65)C(=O)C3N([C@H](CO)c3ccccc3)C(=O)[C@@H]4[C@H]2C1=O. The summed E-state index contributed by atoms with van der Waals surface area (Å²) in [4.78, 5) is 47.8. The quantitative estimate of drug-likeness (QED) is 0.466. The predicted molar refractivity (Wildman–Crippen MR) is 153 cm³/mol. The number of para-hydroxylation sites is 1. The van der Waals surface area contributed by atoms with Gasteiger partial charge in [0.2, 0.25) is 17.7 Å². The summed E-state index contributed by atoms with van der Waals surface area (Å²) < 4.78 is 0.717. The lowest BCUT2D eigenvalue weighted by molar-refractivity contribution is -0.147. The molecule has 3 amide bonds. The number of rotatable bonds is 5. The Morgan fingerprint density at radius 3 is 2.59 bits per heavy atom. The molecule has 0 bridgehead atoms. The fourth-order valence-electron chi connectivity index (χ4n) is 6.93. The van der Waals surface area contributed by atoms with Gasteiger partial charge in [-0.1, -0.05) is 72.0 Å². The first-order valence-corrected chi connectivity index (χ1v) is 14.6. The molecule has 5 heterocycles. The van der Waals surface area contributed by atoms with Gasteiger partial charge in [0.25, 0.3) is 0 Å². The Bertz CT molecular complexity index is 1590. The van der Waals surface area contributed by atoms with Crippen LogP contribution < -0.4 is 0 Å². The van der Waals surface area contributed by atoms with Gasteiger partial charge >= 0.3 is 0 Å². The van der Waals surface area contributed by atoms with Crippen molar-refractivity contribution in [1.29, 1.82) is 0 Å².